The van der Waals surface area contributed by atoms with Crippen LogP contribution in [0.15, 0.2) is 0 Å². The highest BCUT2D eigenvalue weighted by molar-refractivity contribution is 4.44. The highest BCUT2D eigenvalue weighted by atomic mass is 16.3. The molecule has 0 aromatic carbocycles. The number of rotatable bonds is 8. The molecular formula is C9H19O2. The van der Waals surface area contributed by atoms with E-state index in [1.165, 1.54) is 19.3 Å². The van der Waals surface area contributed by atoms with E-state index >= 15 is 0 Å². The van der Waals surface area contributed by atoms with E-state index in [9.17, 15) is 5.11 Å². The van der Waals surface area contributed by atoms with Crippen molar-refractivity contribution in [3.63, 3.8) is 0 Å². The van der Waals surface area contributed by atoms with Crippen LogP contribution >= 0.6 is 0 Å². The van der Waals surface area contributed by atoms with Gasteiger partial charge in [0.05, 0.1) is 6.61 Å². The Bertz CT molecular complexity index is 56.6. The third-order valence-corrected chi connectivity index (χ3v) is 1.80. The lowest BCUT2D eigenvalue weighted by Crippen LogP contribution is -1.85. The fourth-order valence-corrected chi connectivity index (χ4v) is 1.10. The molecule has 0 aromatic rings. The van der Waals surface area contributed by atoms with E-state index in [1.54, 1.807) is 0 Å². The third kappa shape index (κ3) is 9.92. The van der Waals surface area contributed by atoms with Gasteiger partial charge in [0, 0.05) is 6.61 Å². The molecule has 2 heteroatoms. The molecule has 0 atom stereocenters. The average molecular weight is 159 g/mol. The summed E-state index contributed by atoms with van der Waals surface area (Å²) in [7, 11) is 0. The van der Waals surface area contributed by atoms with E-state index in [1.807, 2.05) is 0 Å². The first-order valence-corrected chi connectivity index (χ1v) is 4.60. The van der Waals surface area contributed by atoms with E-state index in [-0.39, 0.29) is 6.61 Å². The summed E-state index contributed by atoms with van der Waals surface area (Å²) in [6, 6.07) is 0. The van der Waals surface area contributed by atoms with Crippen molar-refractivity contribution in [2.24, 2.45) is 0 Å². The summed E-state index contributed by atoms with van der Waals surface area (Å²) in [5.74, 6) is 0. The molecule has 0 bridgehead atoms. The zero-order valence-corrected chi connectivity index (χ0v) is 7.22. The predicted molar refractivity (Wildman–Crippen MR) is 45.0 cm³/mol. The lowest BCUT2D eigenvalue weighted by atomic mass is 10.1. The Hall–Kier alpha value is -0.0800. The molecule has 11 heavy (non-hydrogen) atoms. The van der Waals surface area contributed by atoms with Crippen LogP contribution in [0.1, 0.15) is 44.9 Å². The van der Waals surface area contributed by atoms with Gasteiger partial charge in [0.15, 0.2) is 0 Å². The van der Waals surface area contributed by atoms with Gasteiger partial charge in [0.1, 0.15) is 0 Å². The zero-order chi connectivity index (χ0) is 8.36. The number of hydrogen-bond donors (Lipinski definition) is 1. The van der Waals surface area contributed by atoms with Crippen LogP contribution in [-0.2, 0) is 5.11 Å². The van der Waals surface area contributed by atoms with Crippen molar-refractivity contribution in [3.8, 4) is 0 Å². The molecule has 0 amide bonds. The Kier molecular flexibility index (Phi) is 9.85. The van der Waals surface area contributed by atoms with Gasteiger partial charge < -0.3 is 5.11 Å². The van der Waals surface area contributed by atoms with Crippen LogP contribution in [0.25, 0.3) is 0 Å². The standard InChI is InChI=1S/C9H19O2/c10-8-6-4-2-1-3-5-7-9-11/h10H,1-9H2. The molecule has 1 N–H and O–H groups in total. The van der Waals surface area contributed by atoms with Crippen LogP contribution in [-0.4, -0.2) is 18.3 Å². The van der Waals surface area contributed by atoms with Gasteiger partial charge in [-0.3, -0.25) is 0 Å². The molecule has 1 radical (unpaired) electrons. The highest BCUT2D eigenvalue weighted by Crippen LogP contribution is 2.06. The molecule has 0 unspecified atom stereocenters. The first kappa shape index (κ1) is 10.9. The minimum Gasteiger partial charge on any atom is -0.396 e. The molecule has 0 fully saturated rings. The molecule has 0 aliphatic heterocycles. The molecule has 0 aromatic heterocycles. The van der Waals surface area contributed by atoms with Crippen LogP contribution in [0.2, 0.25) is 0 Å². The number of aliphatic hydroxyl groups excluding tert-OH is 1. The SMILES string of the molecule is [O]CCCCCCCCCO. The first-order chi connectivity index (χ1) is 5.41. The fourth-order valence-electron chi connectivity index (χ4n) is 1.10. The quantitative estimate of drug-likeness (QED) is 0.541. The smallest absolute Gasteiger partial charge is 0.0822 e. The van der Waals surface area contributed by atoms with Gasteiger partial charge in [-0.1, -0.05) is 32.1 Å². The third-order valence-electron chi connectivity index (χ3n) is 1.80. The molecule has 67 valence electrons. The summed E-state index contributed by atoms with van der Waals surface area (Å²) in [4.78, 5) is 0. The molecule has 0 aliphatic carbocycles. The first-order valence-electron chi connectivity index (χ1n) is 4.60. The molecule has 2 nitrogen and oxygen atoms in total. The minimum absolute atomic E-state index is 0.0800. The summed E-state index contributed by atoms with van der Waals surface area (Å²) in [5.41, 5.74) is 0. The van der Waals surface area contributed by atoms with Gasteiger partial charge in [-0.15, -0.1) is 0 Å². The monoisotopic (exact) mass is 159 g/mol. The largest absolute Gasteiger partial charge is 0.396 e. The van der Waals surface area contributed by atoms with E-state index in [0.29, 0.717) is 6.61 Å². The van der Waals surface area contributed by atoms with Gasteiger partial charge in [0.25, 0.3) is 0 Å². The van der Waals surface area contributed by atoms with Crippen molar-refractivity contribution in [3.05, 3.63) is 0 Å². The van der Waals surface area contributed by atoms with Gasteiger partial charge >= 0.3 is 0 Å². The Labute approximate surface area is 69.2 Å². The summed E-state index contributed by atoms with van der Waals surface area (Å²) in [5, 5.41) is 18.5. The lowest BCUT2D eigenvalue weighted by Gasteiger charge is -1.98. The van der Waals surface area contributed by atoms with E-state index in [4.69, 9.17) is 5.11 Å². The number of aliphatic hydroxyl groups is 1. The summed E-state index contributed by atoms with van der Waals surface area (Å²) in [6.45, 7) is 0.400. The van der Waals surface area contributed by atoms with Gasteiger partial charge in [0.2, 0.25) is 0 Å². The van der Waals surface area contributed by atoms with Crippen molar-refractivity contribution < 1.29 is 10.2 Å². The highest BCUT2D eigenvalue weighted by Gasteiger charge is 1.90. The van der Waals surface area contributed by atoms with E-state index in [2.05, 4.69) is 0 Å². The van der Waals surface area contributed by atoms with Crippen LogP contribution in [0.4, 0.5) is 0 Å². The van der Waals surface area contributed by atoms with Crippen molar-refractivity contribution in [1.82, 2.24) is 0 Å². The van der Waals surface area contributed by atoms with E-state index < -0.39 is 0 Å². The summed E-state index contributed by atoms with van der Waals surface area (Å²) < 4.78 is 0. The van der Waals surface area contributed by atoms with Crippen LogP contribution in [0.5, 0.6) is 0 Å². The molecule has 0 rings (SSSR count). The summed E-state index contributed by atoms with van der Waals surface area (Å²) >= 11 is 0. The molecule has 0 spiro atoms. The maximum absolute atomic E-state index is 10.0. The molecule has 0 heterocycles. The molecule has 0 aliphatic rings. The summed E-state index contributed by atoms with van der Waals surface area (Å²) in [6.07, 6.45) is 7.60. The lowest BCUT2D eigenvalue weighted by molar-refractivity contribution is 0.186. The normalized spacial score (nSPS) is 10.4. The average Bonchev–Trinajstić information content (AvgIpc) is 2.03. The maximum atomic E-state index is 10.0. The van der Waals surface area contributed by atoms with Gasteiger partial charge in [-0.05, 0) is 12.8 Å². The second kappa shape index (κ2) is 9.92. The second-order valence-corrected chi connectivity index (χ2v) is 2.90. The van der Waals surface area contributed by atoms with Crippen LogP contribution in [0.3, 0.4) is 0 Å². The molecular weight excluding hydrogens is 140 g/mol. The van der Waals surface area contributed by atoms with Crippen molar-refractivity contribution in [1.29, 1.82) is 0 Å². The number of hydrogen-bond acceptors (Lipinski definition) is 1. The Morgan fingerprint density at radius 1 is 0.727 bits per heavy atom. The van der Waals surface area contributed by atoms with Crippen molar-refractivity contribution in [2.75, 3.05) is 13.2 Å². The molecule has 0 saturated heterocycles. The molecule has 0 saturated carbocycles. The van der Waals surface area contributed by atoms with Crippen molar-refractivity contribution >= 4 is 0 Å². The fraction of sp³-hybridized carbons (Fsp3) is 1.00. The maximum Gasteiger partial charge on any atom is 0.0822 e. The van der Waals surface area contributed by atoms with Gasteiger partial charge in [-0.25, -0.2) is 5.11 Å². The Morgan fingerprint density at radius 3 is 1.64 bits per heavy atom. The Balaban J connectivity index is 2.69. The zero-order valence-electron chi connectivity index (χ0n) is 7.22. The number of unbranched alkanes of at least 4 members (excludes halogenated alkanes) is 6. The topological polar surface area (TPSA) is 40.1 Å². The van der Waals surface area contributed by atoms with E-state index in [0.717, 1.165) is 25.7 Å². The van der Waals surface area contributed by atoms with Crippen LogP contribution in [0, 0.1) is 0 Å². The second-order valence-electron chi connectivity index (χ2n) is 2.90. The van der Waals surface area contributed by atoms with Crippen molar-refractivity contribution in [2.45, 2.75) is 44.9 Å². The minimum atomic E-state index is 0.0800. The van der Waals surface area contributed by atoms with Gasteiger partial charge in [-0.2, -0.15) is 0 Å². The Morgan fingerprint density at radius 2 is 1.18 bits per heavy atom. The predicted octanol–water partition coefficient (Wildman–Crippen LogP) is 2.14. The van der Waals surface area contributed by atoms with Crippen LogP contribution < -0.4 is 0 Å².